The molecule has 2 atom stereocenters. The topological polar surface area (TPSA) is 49.5 Å². The largest absolute Gasteiger partial charge is 0.506 e. The molecule has 2 saturated heterocycles. The third kappa shape index (κ3) is 1.63. The monoisotopic (exact) mass is 236 g/mol. The van der Waals surface area contributed by atoms with Crippen LogP contribution in [0.1, 0.15) is 32.1 Å². The van der Waals surface area contributed by atoms with E-state index in [1.807, 2.05) is 0 Å². The molecule has 17 heavy (non-hydrogen) atoms. The lowest BCUT2D eigenvalue weighted by Gasteiger charge is -2.37. The van der Waals surface area contributed by atoms with Crippen LogP contribution in [-0.2, 0) is 0 Å². The van der Waals surface area contributed by atoms with Gasteiger partial charge in [0.1, 0.15) is 11.4 Å². The van der Waals surface area contributed by atoms with E-state index in [2.05, 4.69) is 4.90 Å². The fourth-order valence-corrected chi connectivity index (χ4v) is 3.34. The number of nitrogen functional groups attached to an aromatic ring is 1. The summed E-state index contributed by atoms with van der Waals surface area (Å²) in [7, 11) is 0. The number of hydrogen-bond acceptors (Lipinski definition) is 3. The van der Waals surface area contributed by atoms with Gasteiger partial charge in [0.2, 0.25) is 0 Å². The number of benzene rings is 1. The van der Waals surface area contributed by atoms with Gasteiger partial charge in [-0.15, -0.1) is 0 Å². The summed E-state index contributed by atoms with van der Waals surface area (Å²) in [6, 6.07) is 3.51. The van der Waals surface area contributed by atoms with E-state index >= 15 is 0 Å². The van der Waals surface area contributed by atoms with Gasteiger partial charge in [0, 0.05) is 23.8 Å². The summed E-state index contributed by atoms with van der Waals surface area (Å²) in [5, 5.41) is 9.93. The Kier molecular flexibility index (Phi) is 2.38. The van der Waals surface area contributed by atoms with E-state index in [0.717, 1.165) is 25.7 Å². The molecule has 2 aliphatic rings. The number of fused-ring (bicyclic) bond motifs is 2. The predicted octanol–water partition coefficient (Wildman–Crippen LogP) is 2.63. The first kappa shape index (κ1) is 10.7. The number of nitrogens with two attached hydrogens (primary N) is 1. The molecule has 2 fully saturated rings. The molecule has 92 valence electrons. The van der Waals surface area contributed by atoms with Crippen molar-refractivity contribution < 1.29 is 9.50 Å². The molecule has 1 aromatic rings. The molecule has 2 bridgehead atoms. The highest BCUT2D eigenvalue weighted by Crippen LogP contribution is 2.44. The average Bonchev–Trinajstić information content (AvgIpc) is 2.50. The lowest BCUT2D eigenvalue weighted by atomic mass is 10.0. The van der Waals surface area contributed by atoms with Crippen LogP contribution in [0.15, 0.2) is 12.1 Å². The van der Waals surface area contributed by atoms with Gasteiger partial charge in [-0.2, -0.15) is 0 Å². The second kappa shape index (κ2) is 3.79. The first-order chi connectivity index (χ1) is 8.16. The molecule has 0 radical (unpaired) electrons. The molecule has 0 spiro atoms. The maximum Gasteiger partial charge on any atom is 0.152 e. The molecule has 2 aliphatic heterocycles. The van der Waals surface area contributed by atoms with Crippen molar-refractivity contribution in [2.24, 2.45) is 0 Å². The van der Waals surface area contributed by atoms with Crippen LogP contribution in [0, 0.1) is 5.82 Å². The quantitative estimate of drug-likeness (QED) is 0.737. The van der Waals surface area contributed by atoms with E-state index in [9.17, 15) is 9.50 Å². The lowest BCUT2D eigenvalue weighted by Crippen LogP contribution is -2.40. The van der Waals surface area contributed by atoms with Crippen LogP contribution in [0.5, 0.6) is 5.75 Å². The fourth-order valence-electron chi connectivity index (χ4n) is 3.34. The molecule has 0 amide bonds. The van der Waals surface area contributed by atoms with Crippen LogP contribution >= 0.6 is 0 Å². The predicted molar refractivity (Wildman–Crippen MR) is 65.6 cm³/mol. The van der Waals surface area contributed by atoms with Crippen LogP contribution in [0.25, 0.3) is 0 Å². The fraction of sp³-hybridized carbons (Fsp3) is 0.538. The van der Waals surface area contributed by atoms with Gasteiger partial charge in [-0.3, -0.25) is 0 Å². The molecule has 2 heterocycles. The van der Waals surface area contributed by atoms with Crippen LogP contribution in [-0.4, -0.2) is 17.2 Å². The number of anilines is 2. The van der Waals surface area contributed by atoms with E-state index in [-0.39, 0.29) is 11.4 Å². The van der Waals surface area contributed by atoms with Gasteiger partial charge < -0.3 is 15.7 Å². The molecule has 3 rings (SSSR count). The number of hydrogen-bond donors (Lipinski definition) is 2. The van der Waals surface area contributed by atoms with E-state index in [4.69, 9.17) is 5.73 Å². The number of phenols is 1. The number of piperidine rings is 1. The highest BCUT2D eigenvalue weighted by Gasteiger charge is 2.38. The molecule has 2 unspecified atom stereocenters. The Morgan fingerprint density at radius 3 is 2.41 bits per heavy atom. The van der Waals surface area contributed by atoms with Crippen molar-refractivity contribution in [3.05, 3.63) is 17.9 Å². The van der Waals surface area contributed by atoms with Crippen molar-refractivity contribution in [2.45, 2.75) is 44.2 Å². The molecule has 0 aromatic heterocycles. The lowest BCUT2D eigenvalue weighted by molar-refractivity contribution is 0.432. The Morgan fingerprint density at radius 1 is 1.18 bits per heavy atom. The Labute approximate surface area is 100 Å². The molecule has 1 aromatic carbocycles. The summed E-state index contributed by atoms with van der Waals surface area (Å²) in [6.45, 7) is 0. The summed E-state index contributed by atoms with van der Waals surface area (Å²) in [5.74, 6) is -0.428. The highest BCUT2D eigenvalue weighted by atomic mass is 19.1. The van der Waals surface area contributed by atoms with Gasteiger partial charge in [0.05, 0.1) is 0 Å². The average molecular weight is 236 g/mol. The van der Waals surface area contributed by atoms with Gasteiger partial charge in [-0.05, 0) is 38.2 Å². The first-order valence-corrected chi connectivity index (χ1v) is 6.23. The van der Waals surface area contributed by atoms with Crippen molar-refractivity contribution >= 4 is 11.4 Å². The standard InChI is InChI=1S/C13H17FN2O/c14-11-6-8(15)7-12(17)13(11)16-9-2-1-3-10(16)5-4-9/h6-7,9-10,17H,1-5,15H2. The smallest absolute Gasteiger partial charge is 0.152 e. The van der Waals surface area contributed by atoms with Crippen molar-refractivity contribution in [3.8, 4) is 5.75 Å². The molecule has 0 aliphatic carbocycles. The number of aromatic hydroxyl groups is 1. The Morgan fingerprint density at radius 2 is 1.82 bits per heavy atom. The number of halogens is 1. The number of phenolic OH excluding ortho intramolecular Hbond substituents is 1. The first-order valence-electron chi connectivity index (χ1n) is 6.23. The normalized spacial score (nSPS) is 27.5. The minimum absolute atomic E-state index is 0.0266. The zero-order chi connectivity index (χ0) is 12.0. The second-order valence-corrected chi connectivity index (χ2v) is 5.09. The summed E-state index contributed by atoms with van der Waals surface area (Å²) in [4.78, 5) is 2.08. The minimum atomic E-state index is -0.402. The molecule has 3 N–H and O–H groups in total. The molecule has 3 nitrogen and oxygen atoms in total. The van der Waals surface area contributed by atoms with Crippen molar-refractivity contribution in [1.82, 2.24) is 0 Å². The van der Waals surface area contributed by atoms with E-state index in [1.54, 1.807) is 0 Å². The Balaban J connectivity index is 2.04. The summed E-state index contributed by atoms with van der Waals surface area (Å²) in [5.41, 5.74) is 6.15. The molecular formula is C13H17FN2O. The van der Waals surface area contributed by atoms with Crippen molar-refractivity contribution in [2.75, 3.05) is 10.6 Å². The third-order valence-electron chi connectivity index (χ3n) is 4.02. The minimum Gasteiger partial charge on any atom is -0.506 e. The zero-order valence-corrected chi connectivity index (χ0v) is 9.69. The summed E-state index contributed by atoms with van der Waals surface area (Å²) in [6.07, 6.45) is 5.62. The van der Waals surface area contributed by atoms with Crippen LogP contribution in [0.4, 0.5) is 15.8 Å². The number of nitrogens with zero attached hydrogens (tertiary/aromatic N) is 1. The van der Waals surface area contributed by atoms with Crippen LogP contribution in [0.2, 0.25) is 0 Å². The summed E-state index contributed by atoms with van der Waals surface area (Å²) >= 11 is 0. The maximum atomic E-state index is 14.0. The van der Waals surface area contributed by atoms with Gasteiger partial charge in [-0.1, -0.05) is 0 Å². The highest BCUT2D eigenvalue weighted by molar-refractivity contribution is 5.66. The van der Waals surface area contributed by atoms with Crippen LogP contribution in [0.3, 0.4) is 0 Å². The van der Waals surface area contributed by atoms with Crippen LogP contribution < -0.4 is 10.6 Å². The SMILES string of the molecule is Nc1cc(O)c(N2C3CCCC2CC3)c(F)c1. The van der Waals surface area contributed by atoms with E-state index in [0.29, 0.717) is 17.8 Å². The van der Waals surface area contributed by atoms with Gasteiger partial charge in [0.25, 0.3) is 0 Å². The van der Waals surface area contributed by atoms with Gasteiger partial charge >= 0.3 is 0 Å². The molecule has 0 saturated carbocycles. The number of rotatable bonds is 1. The van der Waals surface area contributed by atoms with E-state index < -0.39 is 5.82 Å². The second-order valence-electron chi connectivity index (χ2n) is 5.09. The third-order valence-corrected chi connectivity index (χ3v) is 4.02. The Hall–Kier alpha value is -1.45. The van der Waals surface area contributed by atoms with Crippen molar-refractivity contribution in [1.29, 1.82) is 0 Å². The van der Waals surface area contributed by atoms with Gasteiger partial charge in [0.15, 0.2) is 5.82 Å². The van der Waals surface area contributed by atoms with Crippen molar-refractivity contribution in [3.63, 3.8) is 0 Å². The van der Waals surface area contributed by atoms with E-state index in [1.165, 1.54) is 18.6 Å². The zero-order valence-electron chi connectivity index (χ0n) is 9.69. The Bertz CT molecular complexity index is 410. The summed E-state index contributed by atoms with van der Waals surface area (Å²) < 4.78 is 14.0. The molecule has 4 heteroatoms. The van der Waals surface area contributed by atoms with Gasteiger partial charge in [-0.25, -0.2) is 4.39 Å². The molecular weight excluding hydrogens is 219 g/mol. The maximum absolute atomic E-state index is 14.0.